The normalized spacial score (nSPS) is 22.9. The summed E-state index contributed by atoms with van der Waals surface area (Å²) in [5, 5.41) is 2.74. The Kier molecular flexibility index (Phi) is 6.87. The van der Waals surface area contributed by atoms with E-state index in [2.05, 4.69) is 54.1 Å². The Balaban J connectivity index is 1.65. The van der Waals surface area contributed by atoms with E-state index in [1.54, 1.807) is 42.3 Å². The van der Waals surface area contributed by atoms with Crippen molar-refractivity contribution >= 4 is 37.5 Å². The molecule has 10 nitrogen and oxygen atoms in total. The summed E-state index contributed by atoms with van der Waals surface area (Å²) in [6, 6.07) is 8.83. The molecule has 4 rings (SSSR count). The minimum Gasteiger partial charge on any atom is -0.408 e. The van der Waals surface area contributed by atoms with Crippen molar-refractivity contribution in [3.63, 3.8) is 0 Å². The molecule has 3 aromatic rings. The molecule has 0 radical (unpaired) electrons. The van der Waals surface area contributed by atoms with Gasteiger partial charge >= 0.3 is 0 Å². The molecule has 11 heteroatoms. The summed E-state index contributed by atoms with van der Waals surface area (Å²) in [6.45, 7) is 10.6. The fourth-order valence-electron chi connectivity index (χ4n) is 3.80. The molecule has 1 amide bonds. The lowest BCUT2D eigenvalue weighted by molar-refractivity contribution is -0.122. The van der Waals surface area contributed by atoms with Crippen LogP contribution in [0.5, 0.6) is 0 Å². The summed E-state index contributed by atoms with van der Waals surface area (Å²) in [5.41, 5.74) is 1.33. The van der Waals surface area contributed by atoms with Crippen LogP contribution < -0.4 is 5.32 Å². The van der Waals surface area contributed by atoms with Crippen molar-refractivity contribution in [3.05, 3.63) is 48.5 Å². The summed E-state index contributed by atoms with van der Waals surface area (Å²) in [7, 11) is -0.665. The molecule has 186 valence electrons. The average molecular weight is 498 g/mol. The Bertz CT molecular complexity index is 1210. The van der Waals surface area contributed by atoms with Crippen LogP contribution in [-0.2, 0) is 18.7 Å². The Labute approximate surface area is 205 Å². The van der Waals surface area contributed by atoms with Gasteiger partial charge < -0.3 is 24.0 Å². The van der Waals surface area contributed by atoms with Crippen LogP contribution in [0.15, 0.2) is 43.0 Å². The van der Waals surface area contributed by atoms with Crippen LogP contribution in [0, 0.1) is 0 Å². The number of hydrogen-bond acceptors (Lipinski definition) is 8. The zero-order valence-corrected chi connectivity index (χ0v) is 21.8. The van der Waals surface area contributed by atoms with Gasteiger partial charge in [0.2, 0.25) is 0 Å². The lowest BCUT2D eigenvalue weighted by atomic mass is 10.1. The summed E-state index contributed by atoms with van der Waals surface area (Å²) in [4.78, 5) is 37.6. The molecule has 35 heavy (non-hydrogen) atoms. The van der Waals surface area contributed by atoms with Crippen molar-refractivity contribution in [1.29, 1.82) is 0 Å². The van der Waals surface area contributed by atoms with E-state index in [-0.39, 0.29) is 16.8 Å². The largest absolute Gasteiger partial charge is 0.408 e. The van der Waals surface area contributed by atoms with Crippen LogP contribution in [0.2, 0.25) is 18.1 Å². The highest BCUT2D eigenvalue weighted by Gasteiger charge is 2.51. The SMILES string of the molecule is CO[C@@H]1[C@H](O[Si](C)(C)C(C)(C)C)[C@@H](C=O)O[C@H]1n1cnc2c(NC(=O)c3ccccc3)ncnc21. The summed E-state index contributed by atoms with van der Waals surface area (Å²) < 4.78 is 20.2. The number of carbonyl (C=O) groups excluding carboxylic acids is 2. The standard InChI is InChI=1S/C24H31N5O5Si/c1-24(2,3)35(5,6)34-18-16(12-30)33-23(19(18)32-4)29-14-27-17-20(25-13-26-21(17)29)28-22(31)15-10-8-7-9-11-15/h7-14,16,18-19,23H,1-6H3,(H,25,26,28,31)/t16-,18-,19-,23-/m1/s1. The maximum atomic E-state index is 12.7. The first-order valence-electron chi connectivity index (χ1n) is 11.4. The second-order valence-electron chi connectivity index (χ2n) is 10.0. The third-order valence-corrected chi connectivity index (χ3v) is 11.2. The van der Waals surface area contributed by atoms with Crippen molar-refractivity contribution in [2.24, 2.45) is 0 Å². The fraction of sp³-hybridized carbons (Fsp3) is 0.458. The van der Waals surface area contributed by atoms with E-state index in [1.165, 1.54) is 6.33 Å². The third-order valence-electron chi connectivity index (χ3n) is 6.77. The molecule has 1 N–H and O–H groups in total. The molecule has 3 heterocycles. The number of nitrogens with one attached hydrogen (secondary N) is 1. The van der Waals surface area contributed by atoms with Gasteiger partial charge in [-0.3, -0.25) is 9.36 Å². The maximum Gasteiger partial charge on any atom is 0.256 e. The highest BCUT2D eigenvalue weighted by molar-refractivity contribution is 6.74. The summed E-state index contributed by atoms with van der Waals surface area (Å²) in [6.07, 6.45) is 0.972. The van der Waals surface area contributed by atoms with E-state index in [0.29, 0.717) is 16.7 Å². The number of anilines is 1. The molecule has 0 saturated carbocycles. The minimum atomic E-state index is -2.23. The number of fused-ring (bicyclic) bond motifs is 1. The van der Waals surface area contributed by atoms with E-state index in [4.69, 9.17) is 13.9 Å². The first kappa shape index (κ1) is 25.1. The quantitative estimate of drug-likeness (QED) is 0.389. The number of nitrogens with zero attached hydrogens (tertiary/aromatic N) is 4. The lowest BCUT2D eigenvalue weighted by Gasteiger charge is -2.39. The number of aromatic nitrogens is 4. The van der Waals surface area contributed by atoms with Gasteiger partial charge in [-0.25, -0.2) is 15.0 Å². The van der Waals surface area contributed by atoms with Gasteiger partial charge in [0.15, 0.2) is 37.8 Å². The molecular formula is C24H31N5O5Si. The second kappa shape index (κ2) is 9.57. The van der Waals surface area contributed by atoms with Crippen molar-refractivity contribution in [2.45, 2.75) is 63.4 Å². The molecule has 2 aromatic heterocycles. The van der Waals surface area contributed by atoms with Gasteiger partial charge in [-0.05, 0) is 30.3 Å². The third kappa shape index (κ3) is 4.76. The van der Waals surface area contributed by atoms with Gasteiger partial charge in [0, 0.05) is 12.7 Å². The second-order valence-corrected chi connectivity index (χ2v) is 14.8. The smallest absolute Gasteiger partial charge is 0.256 e. The molecule has 1 fully saturated rings. The molecule has 0 aliphatic carbocycles. The maximum absolute atomic E-state index is 12.7. The number of ether oxygens (including phenoxy) is 2. The lowest BCUT2D eigenvalue weighted by Crippen LogP contribution is -2.49. The number of methoxy groups -OCH3 is 1. The number of hydrogen-bond donors (Lipinski definition) is 1. The number of rotatable bonds is 7. The van der Waals surface area contributed by atoms with Crippen molar-refractivity contribution in [2.75, 3.05) is 12.4 Å². The summed E-state index contributed by atoms with van der Waals surface area (Å²) in [5.74, 6) is -0.0357. The molecule has 1 aliphatic heterocycles. The van der Waals surface area contributed by atoms with E-state index in [9.17, 15) is 9.59 Å². The van der Waals surface area contributed by atoms with E-state index in [0.717, 1.165) is 6.29 Å². The van der Waals surface area contributed by atoms with Gasteiger partial charge in [0.05, 0.1) is 6.33 Å². The average Bonchev–Trinajstić information content (AvgIpc) is 3.40. The van der Waals surface area contributed by atoms with Gasteiger partial charge in [0.1, 0.15) is 24.6 Å². The number of imidazole rings is 1. The Morgan fingerprint density at radius 2 is 1.86 bits per heavy atom. The zero-order valence-electron chi connectivity index (χ0n) is 20.8. The van der Waals surface area contributed by atoms with Crippen LogP contribution in [0.4, 0.5) is 5.82 Å². The predicted octanol–water partition coefficient (Wildman–Crippen LogP) is 3.58. The number of carbonyl (C=O) groups is 2. The number of amides is 1. The molecule has 1 aromatic carbocycles. The molecule has 0 unspecified atom stereocenters. The van der Waals surface area contributed by atoms with Gasteiger partial charge in [-0.1, -0.05) is 39.0 Å². The van der Waals surface area contributed by atoms with Gasteiger partial charge in [0.25, 0.3) is 5.91 Å². The van der Waals surface area contributed by atoms with Crippen LogP contribution in [0.3, 0.4) is 0 Å². The Morgan fingerprint density at radius 3 is 2.49 bits per heavy atom. The van der Waals surface area contributed by atoms with E-state index >= 15 is 0 Å². The van der Waals surface area contributed by atoms with Crippen molar-refractivity contribution in [1.82, 2.24) is 19.5 Å². The highest BCUT2D eigenvalue weighted by Crippen LogP contribution is 2.42. The minimum absolute atomic E-state index is 0.0579. The summed E-state index contributed by atoms with van der Waals surface area (Å²) >= 11 is 0. The number of aldehydes is 1. The van der Waals surface area contributed by atoms with Crippen LogP contribution in [-0.4, -0.2) is 65.5 Å². The van der Waals surface area contributed by atoms with Crippen molar-refractivity contribution in [3.8, 4) is 0 Å². The Hall–Kier alpha value is -2.99. The highest BCUT2D eigenvalue weighted by atomic mass is 28.4. The number of benzene rings is 1. The predicted molar refractivity (Wildman–Crippen MR) is 133 cm³/mol. The van der Waals surface area contributed by atoms with Crippen LogP contribution in [0.25, 0.3) is 11.2 Å². The van der Waals surface area contributed by atoms with Gasteiger partial charge in [-0.2, -0.15) is 0 Å². The van der Waals surface area contributed by atoms with Gasteiger partial charge in [-0.15, -0.1) is 0 Å². The molecule has 0 bridgehead atoms. The molecule has 4 atom stereocenters. The van der Waals surface area contributed by atoms with E-state index in [1.807, 2.05) is 6.07 Å². The van der Waals surface area contributed by atoms with Crippen LogP contribution >= 0.6 is 0 Å². The molecule has 0 spiro atoms. The monoisotopic (exact) mass is 497 g/mol. The zero-order chi connectivity index (χ0) is 25.4. The van der Waals surface area contributed by atoms with Crippen molar-refractivity contribution < 1.29 is 23.5 Å². The molecule has 1 aliphatic rings. The van der Waals surface area contributed by atoms with Crippen LogP contribution in [0.1, 0.15) is 37.4 Å². The molecular weight excluding hydrogens is 466 g/mol. The first-order chi connectivity index (χ1) is 16.6. The Morgan fingerprint density at radius 1 is 1.14 bits per heavy atom. The molecule has 1 saturated heterocycles. The van der Waals surface area contributed by atoms with E-state index < -0.39 is 32.9 Å². The first-order valence-corrected chi connectivity index (χ1v) is 14.3. The topological polar surface area (TPSA) is 117 Å². The fourth-order valence-corrected chi connectivity index (χ4v) is 5.10.